The van der Waals surface area contributed by atoms with E-state index >= 15 is 0 Å². The highest BCUT2D eigenvalue weighted by atomic mass is 16.2. The molecule has 0 fully saturated rings. The molecule has 0 radical (unpaired) electrons. The molecule has 0 unspecified atom stereocenters. The molecule has 0 bridgehead atoms. The van der Waals surface area contributed by atoms with Gasteiger partial charge in [0.2, 0.25) is 0 Å². The van der Waals surface area contributed by atoms with Crippen LogP contribution in [0.3, 0.4) is 0 Å². The van der Waals surface area contributed by atoms with Crippen molar-refractivity contribution in [2.45, 2.75) is 13.8 Å². The summed E-state index contributed by atoms with van der Waals surface area (Å²) in [6.45, 7) is 3.78. The number of nitrogens with zero attached hydrogens (tertiary/aromatic N) is 1. The third-order valence-electron chi connectivity index (χ3n) is 3.57. The number of hydrogen-bond donors (Lipinski definition) is 2. The lowest BCUT2D eigenvalue weighted by Gasteiger charge is -2.13. The van der Waals surface area contributed by atoms with Gasteiger partial charge in [-0.05, 0) is 49.2 Å². The normalized spacial score (nSPS) is 10.1. The van der Waals surface area contributed by atoms with Crippen LogP contribution in [0.5, 0.6) is 0 Å². The maximum Gasteiger partial charge on any atom is 0.314 e. The van der Waals surface area contributed by atoms with Gasteiger partial charge in [0.15, 0.2) is 0 Å². The van der Waals surface area contributed by atoms with Crippen LogP contribution in [0.15, 0.2) is 42.5 Å². The molecule has 5 heteroatoms. The summed E-state index contributed by atoms with van der Waals surface area (Å²) < 4.78 is 0. The van der Waals surface area contributed by atoms with E-state index in [2.05, 4.69) is 10.6 Å². The molecule has 23 heavy (non-hydrogen) atoms. The van der Waals surface area contributed by atoms with Gasteiger partial charge in [-0.1, -0.05) is 18.2 Å². The van der Waals surface area contributed by atoms with Gasteiger partial charge in [-0.3, -0.25) is 9.59 Å². The zero-order valence-corrected chi connectivity index (χ0v) is 13.8. The molecule has 0 saturated carbocycles. The first-order valence-corrected chi connectivity index (χ1v) is 7.34. The maximum absolute atomic E-state index is 12.1. The molecular formula is C18H21N3O2. The SMILES string of the molecule is Cc1cccc(C)c1NC(=O)C(=O)Nc1ccc(N(C)C)cc1. The average molecular weight is 311 g/mol. The number of benzene rings is 2. The van der Waals surface area contributed by atoms with Gasteiger partial charge in [0, 0.05) is 31.2 Å². The van der Waals surface area contributed by atoms with Gasteiger partial charge >= 0.3 is 11.8 Å². The van der Waals surface area contributed by atoms with Gasteiger partial charge in [0.25, 0.3) is 0 Å². The minimum absolute atomic E-state index is 0.581. The largest absolute Gasteiger partial charge is 0.378 e. The summed E-state index contributed by atoms with van der Waals surface area (Å²) in [6, 6.07) is 13.0. The molecule has 120 valence electrons. The highest BCUT2D eigenvalue weighted by molar-refractivity contribution is 6.43. The van der Waals surface area contributed by atoms with Crippen LogP contribution in [0.2, 0.25) is 0 Å². The molecule has 0 heterocycles. The van der Waals surface area contributed by atoms with Crippen LogP contribution >= 0.6 is 0 Å². The fourth-order valence-electron chi connectivity index (χ4n) is 2.21. The smallest absolute Gasteiger partial charge is 0.314 e. The van der Waals surface area contributed by atoms with Crippen molar-refractivity contribution in [1.82, 2.24) is 0 Å². The first-order chi connectivity index (χ1) is 10.9. The Kier molecular flexibility index (Phi) is 5.01. The Balaban J connectivity index is 2.04. The van der Waals surface area contributed by atoms with Crippen molar-refractivity contribution in [3.05, 3.63) is 53.6 Å². The van der Waals surface area contributed by atoms with Gasteiger partial charge in [-0.15, -0.1) is 0 Å². The first-order valence-electron chi connectivity index (χ1n) is 7.34. The average Bonchev–Trinajstić information content (AvgIpc) is 2.51. The van der Waals surface area contributed by atoms with Crippen molar-refractivity contribution >= 4 is 28.9 Å². The highest BCUT2D eigenvalue weighted by Crippen LogP contribution is 2.19. The number of aryl methyl sites for hydroxylation is 2. The van der Waals surface area contributed by atoms with Gasteiger partial charge in [0.05, 0.1) is 0 Å². The molecule has 0 aromatic heterocycles. The minimum atomic E-state index is -0.690. The van der Waals surface area contributed by atoms with Crippen molar-refractivity contribution in [2.75, 3.05) is 29.6 Å². The molecule has 0 aliphatic heterocycles. The fourth-order valence-corrected chi connectivity index (χ4v) is 2.21. The third kappa shape index (κ3) is 4.10. The number of carbonyl (C=O) groups is 2. The molecule has 2 aromatic carbocycles. The lowest BCUT2D eigenvalue weighted by atomic mass is 10.1. The second-order valence-corrected chi connectivity index (χ2v) is 5.62. The number of para-hydroxylation sites is 1. The Labute approximate surface area is 136 Å². The summed E-state index contributed by atoms with van der Waals surface area (Å²) in [4.78, 5) is 26.0. The zero-order valence-electron chi connectivity index (χ0n) is 13.8. The van der Waals surface area contributed by atoms with E-state index in [4.69, 9.17) is 0 Å². The quantitative estimate of drug-likeness (QED) is 0.857. The van der Waals surface area contributed by atoms with Crippen molar-refractivity contribution < 1.29 is 9.59 Å². The Morgan fingerprint density at radius 3 is 1.87 bits per heavy atom. The lowest BCUT2D eigenvalue weighted by molar-refractivity contribution is -0.133. The number of nitrogens with one attached hydrogen (secondary N) is 2. The van der Waals surface area contributed by atoms with Gasteiger partial charge in [-0.25, -0.2) is 0 Å². The molecule has 5 nitrogen and oxygen atoms in total. The predicted octanol–water partition coefficient (Wildman–Crippen LogP) is 2.95. The van der Waals surface area contributed by atoms with Gasteiger partial charge in [0.1, 0.15) is 0 Å². The molecule has 2 aromatic rings. The molecule has 0 aliphatic rings. The minimum Gasteiger partial charge on any atom is -0.378 e. The zero-order chi connectivity index (χ0) is 17.0. The van der Waals surface area contributed by atoms with Crippen molar-refractivity contribution in [2.24, 2.45) is 0 Å². The van der Waals surface area contributed by atoms with Crippen LogP contribution in [-0.4, -0.2) is 25.9 Å². The molecular weight excluding hydrogens is 290 g/mol. The van der Waals surface area contributed by atoms with E-state index in [9.17, 15) is 9.59 Å². The highest BCUT2D eigenvalue weighted by Gasteiger charge is 2.16. The van der Waals surface area contributed by atoms with E-state index in [0.717, 1.165) is 16.8 Å². The summed E-state index contributed by atoms with van der Waals surface area (Å²) in [7, 11) is 3.87. The Bertz CT molecular complexity index is 701. The third-order valence-corrected chi connectivity index (χ3v) is 3.57. The monoisotopic (exact) mass is 311 g/mol. The van der Waals surface area contributed by atoms with Gasteiger partial charge in [-0.2, -0.15) is 0 Å². The van der Waals surface area contributed by atoms with Crippen molar-refractivity contribution in [1.29, 1.82) is 0 Å². The second-order valence-electron chi connectivity index (χ2n) is 5.62. The van der Waals surface area contributed by atoms with E-state index in [1.54, 1.807) is 12.1 Å². The van der Waals surface area contributed by atoms with E-state index in [-0.39, 0.29) is 0 Å². The topological polar surface area (TPSA) is 61.4 Å². The summed E-state index contributed by atoms with van der Waals surface area (Å²) in [5, 5.41) is 5.27. The van der Waals surface area contributed by atoms with Crippen molar-refractivity contribution in [3.63, 3.8) is 0 Å². The molecule has 2 N–H and O–H groups in total. The molecule has 0 atom stereocenters. The van der Waals surface area contributed by atoms with E-state index in [1.807, 2.05) is 63.2 Å². The van der Waals surface area contributed by atoms with Crippen LogP contribution < -0.4 is 15.5 Å². The molecule has 0 spiro atoms. The summed E-state index contributed by atoms with van der Waals surface area (Å²) in [5.74, 6) is -1.37. The van der Waals surface area contributed by atoms with E-state index in [0.29, 0.717) is 11.4 Å². The number of amides is 2. The number of anilines is 3. The molecule has 0 aliphatic carbocycles. The summed E-state index contributed by atoms with van der Waals surface area (Å²) >= 11 is 0. The van der Waals surface area contributed by atoms with Gasteiger partial charge < -0.3 is 15.5 Å². The second kappa shape index (κ2) is 6.96. The lowest BCUT2D eigenvalue weighted by Crippen LogP contribution is -2.29. The summed E-state index contributed by atoms with van der Waals surface area (Å²) in [6.07, 6.45) is 0. The number of rotatable bonds is 3. The molecule has 0 saturated heterocycles. The van der Waals surface area contributed by atoms with Crippen LogP contribution in [0, 0.1) is 13.8 Å². The fraction of sp³-hybridized carbons (Fsp3) is 0.222. The Hall–Kier alpha value is -2.82. The Morgan fingerprint density at radius 1 is 0.826 bits per heavy atom. The molecule has 2 amide bonds. The van der Waals surface area contributed by atoms with Crippen LogP contribution in [0.25, 0.3) is 0 Å². The Morgan fingerprint density at radius 2 is 1.35 bits per heavy atom. The molecule has 2 rings (SSSR count). The number of hydrogen-bond acceptors (Lipinski definition) is 3. The van der Waals surface area contributed by atoms with E-state index < -0.39 is 11.8 Å². The summed E-state index contributed by atoms with van der Waals surface area (Å²) in [5.41, 5.74) is 4.11. The maximum atomic E-state index is 12.1. The van der Waals surface area contributed by atoms with Crippen LogP contribution in [0.1, 0.15) is 11.1 Å². The predicted molar refractivity (Wildman–Crippen MR) is 93.9 cm³/mol. The van der Waals surface area contributed by atoms with Crippen LogP contribution in [0.4, 0.5) is 17.1 Å². The van der Waals surface area contributed by atoms with Crippen molar-refractivity contribution in [3.8, 4) is 0 Å². The standard InChI is InChI=1S/C18H21N3O2/c1-12-6-5-7-13(2)16(12)20-18(23)17(22)19-14-8-10-15(11-9-14)21(3)4/h5-11H,1-4H3,(H,19,22)(H,20,23). The van der Waals surface area contributed by atoms with E-state index in [1.165, 1.54) is 0 Å². The van der Waals surface area contributed by atoms with Crippen LogP contribution in [-0.2, 0) is 9.59 Å². The first kappa shape index (κ1) is 16.5. The number of carbonyl (C=O) groups excluding carboxylic acids is 2.